The standard InChI is InChI=1S/C4H6OS/c1-4(5)2-3-6/h4-5H,1-2H2. The second-order valence-electron chi connectivity index (χ2n) is 1.00. The molecule has 0 bridgehead atoms. The Morgan fingerprint density at radius 3 is 2.50 bits per heavy atom. The van der Waals surface area contributed by atoms with E-state index in [1.165, 1.54) is 0 Å². The smallest absolute Gasteiger partial charge is 0.0590 e. The van der Waals surface area contributed by atoms with Crippen molar-refractivity contribution in [2.24, 2.45) is 0 Å². The molecule has 0 aliphatic rings. The van der Waals surface area contributed by atoms with Crippen molar-refractivity contribution in [2.75, 3.05) is 0 Å². The van der Waals surface area contributed by atoms with Crippen LogP contribution in [-0.4, -0.2) is 16.6 Å². The van der Waals surface area contributed by atoms with Gasteiger partial charge in [-0.1, -0.05) is 12.2 Å². The Bertz CT molecular complexity index is 42.8. The van der Waals surface area contributed by atoms with Gasteiger partial charge < -0.3 is 5.11 Å². The molecule has 34 valence electrons. The molecular formula is C4H6OS. The van der Waals surface area contributed by atoms with Gasteiger partial charge in [-0.25, -0.2) is 0 Å². The van der Waals surface area contributed by atoms with Gasteiger partial charge in [-0.05, 0) is 6.92 Å². The molecule has 0 heterocycles. The van der Waals surface area contributed by atoms with Crippen molar-refractivity contribution >= 4 is 17.6 Å². The molecule has 0 spiro atoms. The highest BCUT2D eigenvalue weighted by atomic mass is 32.1. The minimum Gasteiger partial charge on any atom is -0.393 e. The van der Waals surface area contributed by atoms with Gasteiger partial charge in [-0.15, -0.1) is 0 Å². The fraction of sp³-hybridized carbons (Fsp3) is 0.500. The summed E-state index contributed by atoms with van der Waals surface area (Å²) in [4.78, 5) is 0. The molecular weight excluding hydrogens is 96.1 g/mol. The van der Waals surface area contributed by atoms with Crippen LogP contribution in [0.15, 0.2) is 0 Å². The lowest BCUT2D eigenvalue weighted by atomic mass is 10.3. The van der Waals surface area contributed by atoms with Crippen LogP contribution in [0.3, 0.4) is 0 Å². The fourth-order valence-electron chi connectivity index (χ4n) is 0.0962. The van der Waals surface area contributed by atoms with Gasteiger partial charge >= 0.3 is 0 Å². The summed E-state index contributed by atoms with van der Waals surface area (Å²) in [5.41, 5.74) is 0. The van der Waals surface area contributed by atoms with Gasteiger partial charge in [0.1, 0.15) is 0 Å². The molecule has 0 saturated heterocycles. The highest BCUT2D eigenvalue weighted by Gasteiger charge is 1.86. The average molecular weight is 102 g/mol. The van der Waals surface area contributed by atoms with Crippen LogP contribution in [0.25, 0.3) is 0 Å². The van der Waals surface area contributed by atoms with E-state index >= 15 is 0 Å². The summed E-state index contributed by atoms with van der Waals surface area (Å²) in [7, 11) is 0. The number of rotatable bonds is 2. The third-order valence-corrected chi connectivity index (χ3v) is 0.486. The molecule has 0 saturated carbocycles. The topological polar surface area (TPSA) is 20.2 Å². The Labute approximate surface area is 43.0 Å². The summed E-state index contributed by atoms with van der Waals surface area (Å²) in [6.07, 6.45) is -0.183. The van der Waals surface area contributed by atoms with Crippen LogP contribution >= 0.6 is 12.2 Å². The second-order valence-corrected chi connectivity index (χ2v) is 1.29. The predicted molar refractivity (Wildman–Crippen MR) is 28.6 cm³/mol. The van der Waals surface area contributed by atoms with E-state index in [1.54, 1.807) is 0 Å². The maximum Gasteiger partial charge on any atom is 0.0590 e. The quantitative estimate of drug-likeness (QED) is 0.511. The number of aliphatic hydroxyl groups is 1. The lowest BCUT2D eigenvalue weighted by molar-refractivity contribution is 0.231. The molecule has 2 heteroatoms. The van der Waals surface area contributed by atoms with Gasteiger partial charge in [0.25, 0.3) is 0 Å². The van der Waals surface area contributed by atoms with Crippen molar-refractivity contribution in [1.29, 1.82) is 0 Å². The first-order valence-electron chi connectivity index (χ1n) is 1.63. The van der Waals surface area contributed by atoms with Crippen LogP contribution < -0.4 is 0 Å². The minimum atomic E-state index is -0.567. The molecule has 2 radical (unpaired) electrons. The van der Waals surface area contributed by atoms with E-state index in [0.29, 0.717) is 6.42 Å². The molecule has 0 aromatic heterocycles. The summed E-state index contributed by atoms with van der Waals surface area (Å²) in [5.74, 6) is 0. The third kappa shape index (κ3) is 4.05. The van der Waals surface area contributed by atoms with Gasteiger partial charge in [0, 0.05) is 11.8 Å². The predicted octanol–water partition coefficient (Wildman–Crippen LogP) is 0.448. The summed E-state index contributed by atoms with van der Waals surface area (Å²) < 4.78 is 0. The van der Waals surface area contributed by atoms with E-state index in [2.05, 4.69) is 24.5 Å². The maximum absolute atomic E-state index is 8.31. The van der Waals surface area contributed by atoms with Crippen molar-refractivity contribution in [2.45, 2.75) is 12.5 Å². The number of thiocarbonyl (C=S) groups is 1. The average Bonchev–Trinajstić information content (AvgIpc) is 1.35. The summed E-state index contributed by atoms with van der Waals surface area (Å²) >= 11 is 4.28. The Hall–Kier alpha value is 0.0500. The van der Waals surface area contributed by atoms with Gasteiger partial charge in [-0.2, -0.15) is 0 Å². The molecule has 0 aromatic rings. The number of hydrogen-bond donors (Lipinski definition) is 1. The Balaban J connectivity index is 2.81. The van der Waals surface area contributed by atoms with Crippen molar-refractivity contribution in [1.82, 2.24) is 0 Å². The monoisotopic (exact) mass is 102 g/mol. The summed E-state index contributed by atoms with van der Waals surface area (Å²) in [5, 5.41) is 10.7. The number of hydrogen-bond acceptors (Lipinski definition) is 2. The first-order valence-corrected chi connectivity index (χ1v) is 2.04. The van der Waals surface area contributed by atoms with E-state index in [4.69, 9.17) is 5.11 Å². The zero-order chi connectivity index (χ0) is 4.99. The van der Waals surface area contributed by atoms with Crippen molar-refractivity contribution < 1.29 is 5.11 Å². The molecule has 0 rings (SSSR count). The van der Waals surface area contributed by atoms with Crippen LogP contribution in [-0.2, 0) is 0 Å². The van der Waals surface area contributed by atoms with E-state index in [1.807, 2.05) is 0 Å². The fourth-order valence-corrected chi connectivity index (χ4v) is 0.289. The van der Waals surface area contributed by atoms with Crippen molar-refractivity contribution in [3.05, 3.63) is 6.92 Å². The van der Waals surface area contributed by atoms with Crippen LogP contribution in [0.5, 0.6) is 0 Å². The molecule has 0 fully saturated rings. The summed E-state index contributed by atoms with van der Waals surface area (Å²) in [6.45, 7) is 3.25. The first-order chi connectivity index (χ1) is 2.77. The van der Waals surface area contributed by atoms with Gasteiger partial charge in [0.05, 0.1) is 6.10 Å². The molecule has 1 nitrogen and oxygen atoms in total. The maximum atomic E-state index is 8.31. The van der Waals surface area contributed by atoms with Crippen LogP contribution in [0.1, 0.15) is 6.42 Å². The zero-order valence-corrected chi connectivity index (χ0v) is 4.16. The lowest BCUT2D eigenvalue weighted by Gasteiger charge is -1.90. The Morgan fingerprint density at radius 1 is 2.00 bits per heavy atom. The molecule has 0 amide bonds. The second kappa shape index (κ2) is 3.25. The molecule has 1 atom stereocenters. The minimum absolute atomic E-state index is 0.384. The lowest BCUT2D eigenvalue weighted by Crippen LogP contribution is -1.97. The Morgan fingerprint density at radius 2 is 2.50 bits per heavy atom. The molecule has 6 heavy (non-hydrogen) atoms. The van der Waals surface area contributed by atoms with Gasteiger partial charge in [0.2, 0.25) is 0 Å². The number of aliphatic hydroxyl groups excluding tert-OH is 1. The van der Waals surface area contributed by atoms with E-state index in [0.717, 1.165) is 0 Å². The normalized spacial score (nSPS) is 13.7. The van der Waals surface area contributed by atoms with Crippen LogP contribution in [0, 0.1) is 6.92 Å². The summed E-state index contributed by atoms with van der Waals surface area (Å²) in [6, 6.07) is 0. The largest absolute Gasteiger partial charge is 0.393 e. The van der Waals surface area contributed by atoms with Gasteiger partial charge in [0.15, 0.2) is 0 Å². The van der Waals surface area contributed by atoms with E-state index in [9.17, 15) is 0 Å². The van der Waals surface area contributed by atoms with Crippen LogP contribution in [0.4, 0.5) is 0 Å². The van der Waals surface area contributed by atoms with Crippen molar-refractivity contribution in [3.8, 4) is 0 Å². The molecule has 1 unspecified atom stereocenters. The van der Waals surface area contributed by atoms with Crippen LogP contribution in [0.2, 0.25) is 0 Å². The van der Waals surface area contributed by atoms with Crippen molar-refractivity contribution in [3.63, 3.8) is 0 Å². The molecule has 0 aliphatic carbocycles. The van der Waals surface area contributed by atoms with E-state index < -0.39 is 6.10 Å². The highest BCUT2D eigenvalue weighted by molar-refractivity contribution is 7.78. The Kier molecular flexibility index (Phi) is 3.28. The molecule has 0 aliphatic heterocycles. The van der Waals surface area contributed by atoms with E-state index in [-0.39, 0.29) is 0 Å². The first kappa shape index (κ1) is 6.05. The zero-order valence-electron chi connectivity index (χ0n) is 3.35. The third-order valence-electron chi connectivity index (χ3n) is 0.319. The SMILES string of the molecule is [CH2]C(O)C[C]=S. The molecule has 1 N–H and O–H groups in total. The highest BCUT2D eigenvalue weighted by Crippen LogP contribution is 1.81. The molecule has 0 aromatic carbocycles. The van der Waals surface area contributed by atoms with Gasteiger partial charge in [-0.3, -0.25) is 0 Å².